The van der Waals surface area contributed by atoms with Crippen molar-refractivity contribution in [3.63, 3.8) is 0 Å². The maximum absolute atomic E-state index is 12.6. The summed E-state index contributed by atoms with van der Waals surface area (Å²) in [5.74, 6) is 0.306. The molecule has 0 spiro atoms. The molecule has 0 fully saturated rings. The number of carbonyl (C=O) groups excluding carboxylic acids is 1. The van der Waals surface area contributed by atoms with Crippen molar-refractivity contribution in [3.8, 4) is 17.0 Å². The highest BCUT2D eigenvalue weighted by molar-refractivity contribution is 5.76. The number of hydrogen-bond acceptors (Lipinski definition) is 6. The second-order valence-corrected chi connectivity index (χ2v) is 6.98. The Morgan fingerprint density at radius 1 is 1.33 bits per heavy atom. The molecule has 146 valence electrons. The van der Waals surface area contributed by atoms with E-state index in [1.807, 2.05) is 20.8 Å². The molecule has 0 aromatic carbocycles. The van der Waals surface area contributed by atoms with Crippen LogP contribution in [0.2, 0.25) is 0 Å². The Morgan fingerprint density at radius 3 is 2.59 bits per heavy atom. The van der Waals surface area contributed by atoms with Gasteiger partial charge in [-0.3, -0.25) is 14.6 Å². The smallest absolute Gasteiger partial charge is 0.323 e. The van der Waals surface area contributed by atoms with Gasteiger partial charge in [-0.2, -0.15) is 0 Å². The number of ether oxygens (including phenoxy) is 2. The molecule has 2 aromatic heterocycles. The Morgan fingerprint density at radius 2 is 2.04 bits per heavy atom. The van der Waals surface area contributed by atoms with Crippen LogP contribution in [0, 0.1) is 12.8 Å². The monoisotopic (exact) mass is 373 g/mol. The van der Waals surface area contributed by atoms with Crippen LogP contribution >= 0.6 is 0 Å². The molecule has 7 heteroatoms. The standard InChI is InChI=1S/C20H27N3O4/c1-12(2)11-27-20(25)15(21)9-14-6-7-16(22-10-14)18-17(26-5)8-13(3)23(4)19(18)24/h6-8,10,12,15H,9,11,21H2,1-5H3/t15-/m0/s1. The van der Waals surface area contributed by atoms with Gasteiger partial charge in [0, 0.05) is 25.0 Å². The fourth-order valence-corrected chi connectivity index (χ4v) is 2.57. The van der Waals surface area contributed by atoms with Gasteiger partial charge in [0.15, 0.2) is 0 Å². The molecular weight excluding hydrogens is 346 g/mol. The molecule has 27 heavy (non-hydrogen) atoms. The molecule has 0 saturated carbocycles. The van der Waals surface area contributed by atoms with Crippen molar-refractivity contribution in [3.05, 3.63) is 46.0 Å². The van der Waals surface area contributed by atoms with Gasteiger partial charge >= 0.3 is 5.97 Å². The van der Waals surface area contributed by atoms with E-state index in [4.69, 9.17) is 15.2 Å². The lowest BCUT2D eigenvalue weighted by Crippen LogP contribution is -2.35. The highest BCUT2D eigenvalue weighted by atomic mass is 16.5. The fourth-order valence-electron chi connectivity index (χ4n) is 2.57. The van der Waals surface area contributed by atoms with Gasteiger partial charge < -0.3 is 19.8 Å². The van der Waals surface area contributed by atoms with E-state index in [2.05, 4.69) is 4.98 Å². The Labute approximate surface area is 159 Å². The number of methoxy groups -OCH3 is 1. The van der Waals surface area contributed by atoms with Gasteiger partial charge in [-0.05, 0) is 30.9 Å². The molecule has 2 heterocycles. The molecular formula is C20H27N3O4. The van der Waals surface area contributed by atoms with Crippen molar-refractivity contribution >= 4 is 5.97 Å². The summed E-state index contributed by atoms with van der Waals surface area (Å²) in [5.41, 5.74) is 8.23. The van der Waals surface area contributed by atoms with Crippen LogP contribution in [-0.2, 0) is 23.0 Å². The maximum Gasteiger partial charge on any atom is 0.323 e. The van der Waals surface area contributed by atoms with Crippen molar-refractivity contribution < 1.29 is 14.3 Å². The highest BCUT2D eigenvalue weighted by Crippen LogP contribution is 2.25. The first-order valence-corrected chi connectivity index (χ1v) is 8.86. The summed E-state index contributed by atoms with van der Waals surface area (Å²) < 4.78 is 12.1. The van der Waals surface area contributed by atoms with E-state index in [0.717, 1.165) is 11.3 Å². The number of aryl methyl sites for hydroxylation is 1. The third-order valence-corrected chi connectivity index (χ3v) is 4.25. The summed E-state index contributed by atoms with van der Waals surface area (Å²) >= 11 is 0. The third-order valence-electron chi connectivity index (χ3n) is 4.25. The van der Waals surface area contributed by atoms with E-state index in [9.17, 15) is 9.59 Å². The van der Waals surface area contributed by atoms with Crippen LogP contribution < -0.4 is 16.0 Å². The van der Waals surface area contributed by atoms with E-state index in [1.165, 1.54) is 7.11 Å². The van der Waals surface area contributed by atoms with Crippen LogP contribution in [0.1, 0.15) is 25.1 Å². The largest absolute Gasteiger partial charge is 0.496 e. The molecule has 0 unspecified atom stereocenters. The molecule has 0 bridgehead atoms. The van der Waals surface area contributed by atoms with Gasteiger partial charge in [0.05, 0.1) is 19.4 Å². The number of nitrogens with two attached hydrogens (primary N) is 1. The number of nitrogens with zero attached hydrogens (tertiary/aromatic N) is 2. The highest BCUT2D eigenvalue weighted by Gasteiger charge is 2.18. The molecule has 0 amide bonds. The van der Waals surface area contributed by atoms with Crippen LogP contribution in [-0.4, -0.2) is 35.3 Å². The van der Waals surface area contributed by atoms with Crippen molar-refractivity contribution in [2.24, 2.45) is 18.7 Å². The number of esters is 1. The van der Waals surface area contributed by atoms with Gasteiger partial charge in [0.1, 0.15) is 17.4 Å². The second-order valence-electron chi connectivity index (χ2n) is 6.98. The first-order valence-electron chi connectivity index (χ1n) is 8.86. The lowest BCUT2D eigenvalue weighted by Gasteiger charge is -2.14. The van der Waals surface area contributed by atoms with Crippen LogP contribution in [0.4, 0.5) is 0 Å². The van der Waals surface area contributed by atoms with Gasteiger partial charge in [-0.15, -0.1) is 0 Å². The predicted octanol–water partition coefficient (Wildman–Crippen LogP) is 1.83. The average molecular weight is 373 g/mol. The summed E-state index contributed by atoms with van der Waals surface area (Å²) in [6.07, 6.45) is 1.93. The van der Waals surface area contributed by atoms with Gasteiger partial charge in [-0.1, -0.05) is 19.9 Å². The third kappa shape index (κ3) is 4.95. The summed E-state index contributed by atoms with van der Waals surface area (Å²) in [7, 11) is 3.23. The Balaban J connectivity index is 2.20. The zero-order valence-electron chi connectivity index (χ0n) is 16.5. The molecule has 0 aliphatic carbocycles. The number of carbonyl (C=O) groups is 1. The SMILES string of the molecule is COc1cc(C)n(C)c(=O)c1-c1ccc(C[C@H](N)C(=O)OCC(C)C)cn1. The molecule has 2 rings (SSSR count). The van der Waals surface area contributed by atoms with E-state index < -0.39 is 12.0 Å². The van der Waals surface area contributed by atoms with Crippen molar-refractivity contribution in [2.45, 2.75) is 33.2 Å². The first-order chi connectivity index (χ1) is 12.7. The van der Waals surface area contributed by atoms with Crippen LogP contribution in [0.3, 0.4) is 0 Å². The number of rotatable bonds is 7. The minimum atomic E-state index is -0.752. The van der Waals surface area contributed by atoms with Gasteiger partial charge in [-0.25, -0.2) is 0 Å². The summed E-state index contributed by atoms with van der Waals surface area (Å²) in [5, 5.41) is 0. The Hall–Kier alpha value is -2.67. The molecule has 7 nitrogen and oxygen atoms in total. The summed E-state index contributed by atoms with van der Waals surface area (Å²) in [6.45, 7) is 6.11. The summed E-state index contributed by atoms with van der Waals surface area (Å²) in [4.78, 5) is 28.9. The average Bonchev–Trinajstić information content (AvgIpc) is 2.64. The zero-order valence-corrected chi connectivity index (χ0v) is 16.5. The minimum absolute atomic E-state index is 0.180. The molecule has 0 aliphatic heterocycles. The number of aromatic nitrogens is 2. The predicted molar refractivity (Wildman–Crippen MR) is 104 cm³/mol. The number of pyridine rings is 2. The first kappa shape index (κ1) is 20.6. The topological polar surface area (TPSA) is 96.4 Å². The van der Waals surface area contributed by atoms with E-state index in [1.54, 1.807) is 36.0 Å². The van der Waals surface area contributed by atoms with Gasteiger partial charge in [0.25, 0.3) is 5.56 Å². The normalized spacial score (nSPS) is 12.1. The molecule has 0 aliphatic rings. The lowest BCUT2D eigenvalue weighted by molar-refractivity contribution is -0.146. The second kappa shape index (κ2) is 8.81. The molecule has 0 saturated heterocycles. The molecule has 2 N–H and O–H groups in total. The van der Waals surface area contributed by atoms with E-state index in [0.29, 0.717) is 30.0 Å². The van der Waals surface area contributed by atoms with Crippen molar-refractivity contribution in [1.82, 2.24) is 9.55 Å². The van der Waals surface area contributed by atoms with Crippen LogP contribution in [0.5, 0.6) is 5.75 Å². The zero-order chi connectivity index (χ0) is 20.1. The quantitative estimate of drug-likeness (QED) is 0.744. The lowest BCUT2D eigenvalue weighted by atomic mass is 10.1. The van der Waals surface area contributed by atoms with E-state index in [-0.39, 0.29) is 11.5 Å². The summed E-state index contributed by atoms with van der Waals surface area (Å²) in [6, 6.07) is 4.58. The van der Waals surface area contributed by atoms with Crippen molar-refractivity contribution in [1.29, 1.82) is 0 Å². The van der Waals surface area contributed by atoms with E-state index >= 15 is 0 Å². The Kier molecular flexibility index (Phi) is 6.74. The van der Waals surface area contributed by atoms with Crippen molar-refractivity contribution in [2.75, 3.05) is 13.7 Å². The Bertz CT molecular complexity index is 857. The molecule has 2 aromatic rings. The van der Waals surface area contributed by atoms with Gasteiger partial charge in [0.2, 0.25) is 0 Å². The molecule has 1 atom stereocenters. The number of hydrogen-bond donors (Lipinski definition) is 1. The minimum Gasteiger partial charge on any atom is -0.496 e. The maximum atomic E-state index is 12.6. The molecule has 0 radical (unpaired) electrons. The fraction of sp³-hybridized carbons (Fsp3) is 0.450. The van der Waals surface area contributed by atoms with Crippen LogP contribution in [0.15, 0.2) is 29.2 Å². The van der Waals surface area contributed by atoms with Crippen LogP contribution in [0.25, 0.3) is 11.3 Å².